The van der Waals surface area contributed by atoms with Gasteiger partial charge in [0.25, 0.3) is 0 Å². The van der Waals surface area contributed by atoms with Crippen LogP contribution in [0.4, 0.5) is 0 Å². The topological polar surface area (TPSA) is 111 Å². The molecule has 0 aromatic rings. The van der Waals surface area contributed by atoms with Crippen LogP contribution in [0.25, 0.3) is 0 Å². The maximum Gasteiger partial charge on any atom is 0.106 e. The van der Waals surface area contributed by atoms with Gasteiger partial charge >= 0.3 is 0 Å². The lowest BCUT2D eigenvalue weighted by Gasteiger charge is -2.14. The maximum absolute atomic E-state index is 9.40. The second-order valence-electron chi connectivity index (χ2n) is 3.60. The molecular formula is C9H23N3O3. The van der Waals surface area contributed by atoms with Gasteiger partial charge in [-0.3, -0.25) is 10.6 Å². The highest BCUT2D eigenvalue weighted by molar-refractivity contribution is 4.58. The summed E-state index contributed by atoms with van der Waals surface area (Å²) in [5.74, 6) is 0. The Hall–Kier alpha value is -0.240. The van der Waals surface area contributed by atoms with Crippen LogP contribution in [0.2, 0.25) is 0 Å². The average Bonchev–Trinajstić information content (AvgIpc) is 2.11. The van der Waals surface area contributed by atoms with Crippen LogP contribution in [-0.2, 0) is 0 Å². The molecule has 0 aliphatic carbocycles. The highest BCUT2D eigenvalue weighted by atomic mass is 16.3. The van der Waals surface area contributed by atoms with Crippen molar-refractivity contribution in [3.05, 3.63) is 0 Å². The summed E-state index contributed by atoms with van der Waals surface area (Å²) in [4.78, 5) is 0. The van der Waals surface area contributed by atoms with Crippen molar-refractivity contribution in [2.45, 2.75) is 44.9 Å². The van der Waals surface area contributed by atoms with E-state index in [-0.39, 0.29) is 0 Å². The van der Waals surface area contributed by atoms with Gasteiger partial charge in [0.1, 0.15) is 18.7 Å². The molecule has 0 aliphatic rings. The molecule has 0 amide bonds. The minimum Gasteiger partial charge on any atom is -0.379 e. The molecule has 15 heavy (non-hydrogen) atoms. The van der Waals surface area contributed by atoms with Crippen molar-refractivity contribution in [1.29, 1.82) is 0 Å². The first-order valence-corrected chi connectivity index (χ1v) is 5.29. The Bertz CT molecular complexity index is 145. The van der Waals surface area contributed by atoms with Crippen LogP contribution >= 0.6 is 0 Å². The molecule has 0 saturated heterocycles. The molecule has 0 aromatic heterocycles. The molecule has 7 N–H and O–H groups in total. The SMILES string of the molecule is CC(O)NCCC(O)NCCCC(N)O. The van der Waals surface area contributed by atoms with Crippen LogP contribution in [0, 0.1) is 0 Å². The van der Waals surface area contributed by atoms with E-state index in [1.54, 1.807) is 6.92 Å². The summed E-state index contributed by atoms with van der Waals surface area (Å²) >= 11 is 0. The van der Waals surface area contributed by atoms with Crippen molar-refractivity contribution < 1.29 is 15.3 Å². The van der Waals surface area contributed by atoms with Crippen molar-refractivity contribution >= 4 is 0 Å². The van der Waals surface area contributed by atoms with Gasteiger partial charge in [0.15, 0.2) is 0 Å². The van der Waals surface area contributed by atoms with Crippen LogP contribution in [0.5, 0.6) is 0 Å². The first-order valence-electron chi connectivity index (χ1n) is 5.29. The molecule has 0 rings (SSSR count). The highest BCUT2D eigenvalue weighted by Gasteiger charge is 2.03. The number of hydrogen-bond donors (Lipinski definition) is 6. The Labute approximate surface area is 90.5 Å². The van der Waals surface area contributed by atoms with E-state index in [0.29, 0.717) is 25.9 Å². The van der Waals surface area contributed by atoms with E-state index in [0.717, 1.165) is 6.42 Å². The summed E-state index contributed by atoms with van der Waals surface area (Å²) in [6, 6.07) is 0. The molecule has 3 unspecified atom stereocenters. The van der Waals surface area contributed by atoms with Gasteiger partial charge in [-0.1, -0.05) is 0 Å². The summed E-state index contributed by atoms with van der Waals surface area (Å²) in [5, 5.41) is 32.7. The first-order chi connectivity index (χ1) is 7.02. The van der Waals surface area contributed by atoms with Gasteiger partial charge in [-0.15, -0.1) is 0 Å². The van der Waals surface area contributed by atoms with Gasteiger partial charge in [0.2, 0.25) is 0 Å². The maximum atomic E-state index is 9.40. The Morgan fingerprint density at radius 2 is 1.73 bits per heavy atom. The lowest BCUT2D eigenvalue weighted by Crippen LogP contribution is -2.35. The van der Waals surface area contributed by atoms with E-state index in [2.05, 4.69) is 10.6 Å². The normalized spacial score (nSPS) is 17.4. The number of nitrogens with one attached hydrogen (secondary N) is 2. The molecule has 3 atom stereocenters. The smallest absolute Gasteiger partial charge is 0.106 e. The van der Waals surface area contributed by atoms with Crippen LogP contribution in [0.3, 0.4) is 0 Å². The van der Waals surface area contributed by atoms with Gasteiger partial charge in [-0.25, -0.2) is 0 Å². The third-order valence-corrected chi connectivity index (χ3v) is 1.91. The zero-order valence-electron chi connectivity index (χ0n) is 9.19. The monoisotopic (exact) mass is 221 g/mol. The number of aliphatic hydroxyl groups excluding tert-OH is 3. The quantitative estimate of drug-likeness (QED) is 0.204. The van der Waals surface area contributed by atoms with E-state index in [1.165, 1.54) is 0 Å². The lowest BCUT2D eigenvalue weighted by atomic mass is 10.3. The van der Waals surface area contributed by atoms with Gasteiger partial charge in [-0.2, -0.15) is 0 Å². The average molecular weight is 221 g/mol. The zero-order valence-corrected chi connectivity index (χ0v) is 9.19. The Kier molecular flexibility index (Phi) is 8.88. The second kappa shape index (κ2) is 9.02. The summed E-state index contributed by atoms with van der Waals surface area (Å²) < 4.78 is 0. The Morgan fingerprint density at radius 1 is 1.07 bits per heavy atom. The fourth-order valence-corrected chi connectivity index (χ4v) is 1.11. The number of hydrogen-bond acceptors (Lipinski definition) is 6. The van der Waals surface area contributed by atoms with Crippen molar-refractivity contribution in [3.63, 3.8) is 0 Å². The fraction of sp³-hybridized carbons (Fsp3) is 1.00. The molecular weight excluding hydrogens is 198 g/mol. The second-order valence-corrected chi connectivity index (χ2v) is 3.60. The molecule has 92 valence electrons. The summed E-state index contributed by atoms with van der Waals surface area (Å²) in [6.07, 6.45) is -0.156. The third-order valence-electron chi connectivity index (χ3n) is 1.91. The largest absolute Gasteiger partial charge is 0.379 e. The Morgan fingerprint density at radius 3 is 2.27 bits per heavy atom. The van der Waals surface area contributed by atoms with E-state index >= 15 is 0 Å². The Balaban J connectivity index is 3.22. The predicted molar refractivity (Wildman–Crippen MR) is 57.7 cm³/mol. The molecule has 0 bridgehead atoms. The number of nitrogens with two attached hydrogens (primary N) is 1. The fourth-order valence-electron chi connectivity index (χ4n) is 1.11. The van der Waals surface area contributed by atoms with Crippen LogP contribution in [0.15, 0.2) is 0 Å². The van der Waals surface area contributed by atoms with Gasteiger partial charge in [-0.05, 0) is 32.7 Å². The highest BCUT2D eigenvalue weighted by Crippen LogP contribution is 1.91. The molecule has 6 heteroatoms. The van der Waals surface area contributed by atoms with Crippen LogP contribution in [0.1, 0.15) is 26.2 Å². The summed E-state index contributed by atoms with van der Waals surface area (Å²) in [6.45, 7) is 2.79. The van der Waals surface area contributed by atoms with Crippen molar-refractivity contribution in [2.24, 2.45) is 5.73 Å². The zero-order chi connectivity index (χ0) is 11.7. The molecule has 0 heterocycles. The molecule has 0 aromatic carbocycles. The van der Waals surface area contributed by atoms with Gasteiger partial charge in [0.05, 0.1) is 0 Å². The molecule has 0 saturated carbocycles. The molecule has 0 spiro atoms. The van der Waals surface area contributed by atoms with Crippen LogP contribution in [-0.4, -0.2) is 47.1 Å². The standard InChI is InChI=1S/C9H23N3O3/c1-7(13)11-6-4-9(15)12-5-2-3-8(10)14/h7-9,11-15H,2-6,10H2,1H3. The van der Waals surface area contributed by atoms with E-state index in [9.17, 15) is 5.11 Å². The minimum absolute atomic E-state index is 0.519. The van der Waals surface area contributed by atoms with E-state index in [1.807, 2.05) is 0 Å². The van der Waals surface area contributed by atoms with Crippen molar-refractivity contribution in [2.75, 3.05) is 13.1 Å². The first kappa shape index (κ1) is 14.8. The third kappa shape index (κ3) is 11.7. The molecule has 0 radical (unpaired) electrons. The molecule has 0 aliphatic heterocycles. The molecule has 6 nitrogen and oxygen atoms in total. The lowest BCUT2D eigenvalue weighted by molar-refractivity contribution is 0.108. The minimum atomic E-state index is -0.777. The number of aliphatic hydroxyl groups is 3. The van der Waals surface area contributed by atoms with E-state index in [4.69, 9.17) is 15.9 Å². The van der Waals surface area contributed by atoms with Gasteiger partial charge in [0, 0.05) is 6.54 Å². The number of rotatable bonds is 9. The van der Waals surface area contributed by atoms with E-state index < -0.39 is 18.7 Å². The predicted octanol–water partition coefficient (Wildman–Crippen LogP) is -1.73. The summed E-state index contributed by atoms with van der Waals surface area (Å²) in [7, 11) is 0. The summed E-state index contributed by atoms with van der Waals surface area (Å²) in [5.41, 5.74) is 5.15. The van der Waals surface area contributed by atoms with Crippen molar-refractivity contribution in [1.82, 2.24) is 10.6 Å². The molecule has 0 fully saturated rings. The van der Waals surface area contributed by atoms with Crippen LogP contribution < -0.4 is 16.4 Å². The van der Waals surface area contributed by atoms with Crippen molar-refractivity contribution in [3.8, 4) is 0 Å². The van der Waals surface area contributed by atoms with Gasteiger partial charge < -0.3 is 21.1 Å².